The number of methoxy groups -OCH3 is 1. The molecule has 0 aliphatic carbocycles. The van der Waals surface area contributed by atoms with Crippen LogP contribution in [0.25, 0.3) is 0 Å². The molecule has 2 aromatic rings. The van der Waals surface area contributed by atoms with Crippen LogP contribution in [0.4, 0.5) is 0 Å². The summed E-state index contributed by atoms with van der Waals surface area (Å²) in [4.78, 5) is 27.0. The van der Waals surface area contributed by atoms with Gasteiger partial charge in [0.1, 0.15) is 17.5 Å². The van der Waals surface area contributed by atoms with Crippen LogP contribution in [0.1, 0.15) is 31.7 Å². The zero-order valence-electron chi connectivity index (χ0n) is 18.0. The van der Waals surface area contributed by atoms with Crippen molar-refractivity contribution in [2.24, 2.45) is 0 Å². The second-order valence-corrected chi connectivity index (χ2v) is 7.70. The number of carbonyl (C=O) groups is 2. The molecule has 0 heterocycles. The van der Waals surface area contributed by atoms with Gasteiger partial charge in [-0.25, -0.2) is 0 Å². The minimum absolute atomic E-state index is 0.155. The van der Waals surface area contributed by atoms with Crippen molar-refractivity contribution in [2.45, 2.75) is 38.8 Å². The molecule has 0 fully saturated rings. The maximum Gasteiger partial charge on any atom is 0.242 e. The number of ether oxygens (including phenoxy) is 2. The molecule has 6 nitrogen and oxygen atoms in total. The van der Waals surface area contributed by atoms with E-state index in [0.29, 0.717) is 40.8 Å². The van der Waals surface area contributed by atoms with Crippen LogP contribution in [-0.4, -0.2) is 43.5 Å². The van der Waals surface area contributed by atoms with E-state index in [2.05, 4.69) is 5.32 Å². The highest BCUT2D eigenvalue weighted by Crippen LogP contribution is 2.27. The standard InChI is InChI=1S/C23H28Cl2N2O4/c1-4-21(23(29)26-2)27(15-18-19(24)7-5-8-20(18)25)22(28)9-6-14-31-17-12-10-16(30-3)11-13-17/h5,7-8,10-13,21H,4,6,9,14-15H2,1-3H3,(H,26,29). The number of carbonyl (C=O) groups excluding carboxylic acids is 2. The van der Waals surface area contributed by atoms with E-state index >= 15 is 0 Å². The minimum atomic E-state index is -0.618. The third-order valence-corrected chi connectivity index (χ3v) is 5.59. The number of rotatable bonds is 11. The van der Waals surface area contributed by atoms with Gasteiger partial charge in [-0.05, 0) is 49.2 Å². The molecule has 0 bridgehead atoms. The summed E-state index contributed by atoms with van der Waals surface area (Å²) in [5, 5.41) is 3.55. The maximum atomic E-state index is 13.1. The Balaban J connectivity index is 2.05. The highest BCUT2D eigenvalue weighted by Gasteiger charge is 2.28. The van der Waals surface area contributed by atoms with Gasteiger partial charge in [0.25, 0.3) is 0 Å². The Labute approximate surface area is 193 Å². The molecule has 0 aliphatic rings. The van der Waals surface area contributed by atoms with Crippen molar-refractivity contribution < 1.29 is 19.1 Å². The third-order valence-electron chi connectivity index (χ3n) is 4.89. The number of halogens is 2. The number of likely N-dealkylation sites (N-methyl/N-ethyl adjacent to an activating group) is 1. The Kier molecular flexibility index (Phi) is 9.95. The molecule has 0 aliphatic heterocycles. The van der Waals surface area contributed by atoms with Gasteiger partial charge >= 0.3 is 0 Å². The Bertz CT molecular complexity index is 854. The minimum Gasteiger partial charge on any atom is -0.497 e. The van der Waals surface area contributed by atoms with Crippen molar-refractivity contribution in [3.8, 4) is 11.5 Å². The average molecular weight is 467 g/mol. The Morgan fingerprint density at radius 2 is 1.68 bits per heavy atom. The van der Waals surface area contributed by atoms with Crippen LogP contribution in [0.15, 0.2) is 42.5 Å². The summed E-state index contributed by atoms with van der Waals surface area (Å²) in [6, 6.07) is 11.8. The van der Waals surface area contributed by atoms with Gasteiger partial charge in [0, 0.05) is 35.6 Å². The van der Waals surface area contributed by atoms with Gasteiger partial charge in [-0.3, -0.25) is 9.59 Å². The van der Waals surface area contributed by atoms with Gasteiger partial charge in [0.15, 0.2) is 0 Å². The van der Waals surface area contributed by atoms with Crippen LogP contribution in [0.5, 0.6) is 11.5 Å². The summed E-state index contributed by atoms with van der Waals surface area (Å²) < 4.78 is 10.8. The van der Waals surface area contributed by atoms with Crippen molar-refractivity contribution in [1.29, 1.82) is 0 Å². The van der Waals surface area contributed by atoms with Gasteiger partial charge in [-0.2, -0.15) is 0 Å². The summed E-state index contributed by atoms with van der Waals surface area (Å²) >= 11 is 12.6. The van der Waals surface area contributed by atoms with Crippen molar-refractivity contribution in [3.05, 3.63) is 58.1 Å². The number of benzene rings is 2. The average Bonchev–Trinajstić information content (AvgIpc) is 2.78. The molecule has 2 rings (SSSR count). The number of amides is 2. The normalized spacial score (nSPS) is 11.5. The lowest BCUT2D eigenvalue weighted by molar-refractivity contribution is -0.141. The van der Waals surface area contributed by atoms with Crippen molar-refractivity contribution in [1.82, 2.24) is 10.2 Å². The molecule has 1 atom stereocenters. The molecule has 1 unspecified atom stereocenters. The van der Waals surface area contributed by atoms with Gasteiger partial charge in [0.05, 0.1) is 13.7 Å². The van der Waals surface area contributed by atoms with Gasteiger partial charge in [-0.1, -0.05) is 36.2 Å². The summed E-state index contributed by atoms with van der Waals surface area (Å²) in [5.74, 6) is 1.05. The van der Waals surface area contributed by atoms with E-state index in [4.69, 9.17) is 32.7 Å². The third kappa shape index (κ3) is 7.04. The van der Waals surface area contributed by atoms with E-state index < -0.39 is 6.04 Å². The maximum absolute atomic E-state index is 13.1. The van der Waals surface area contributed by atoms with Gasteiger partial charge in [0.2, 0.25) is 11.8 Å². The molecule has 0 radical (unpaired) electrons. The summed E-state index contributed by atoms with van der Waals surface area (Å²) in [5.41, 5.74) is 0.621. The summed E-state index contributed by atoms with van der Waals surface area (Å²) in [6.45, 7) is 2.39. The molecule has 0 spiro atoms. The van der Waals surface area contributed by atoms with Crippen molar-refractivity contribution in [2.75, 3.05) is 20.8 Å². The lowest BCUT2D eigenvalue weighted by Gasteiger charge is -2.31. The number of hydrogen-bond acceptors (Lipinski definition) is 4. The highest BCUT2D eigenvalue weighted by molar-refractivity contribution is 6.36. The largest absolute Gasteiger partial charge is 0.497 e. The number of nitrogens with one attached hydrogen (secondary N) is 1. The first kappa shape index (κ1) is 24.8. The Morgan fingerprint density at radius 1 is 1.06 bits per heavy atom. The fraction of sp³-hybridized carbons (Fsp3) is 0.391. The molecule has 1 N–H and O–H groups in total. The van der Waals surface area contributed by atoms with E-state index in [1.807, 2.05) is 31.2 Å². The molecule has 0 saturated carbocycles. The van der Waals surface area contributed by atoms with Crippen LogP contribution >= 0.6 is 23.2 Å². The van der Waals surface area contributed by atoms with Crippen molar-refractivity contribution in [3.63, 3.8) is 0 Å². The zero-order chi connectivity index (χ0) is 22.8. The molecule has 8 heteroatoms. The van der Waals surface area contributed by atoms with E-state index in [0.717, 1.165) is 5.75 Å². The second-order valence-electron chi connectivity index (χ2n) is 6.89. The molecule has 31 heavy (non-hydrogen) atoms. The second kappa shape index (κ2) is 12.4. The molecule has 2 amide bonds. The number of hydrogen-bond donors (Lipinski definition) is 1. The molecule has 0 aromatic heterocycles. The summed E-state index contributed by atoms with van der Waals surface area (Å²) in [7, 11) is 3.16. The van der Waals surface area contributed by atoms with Crippen LogP contribution in [-0.2, 0) is 16.1 Å². The smallest absolute Gasteiger partial charge is 0.242 e. The lowest BCUT2D eigenvalue weighted by Crippen LogP contribution is -2.48. The molecule has 168 valence electrons. The first-order valence-corrected chi connectivity index (χ1v) is 10.9. The first-order chi connectivity index (χ1) is 14.9. The number of nitrogens with zero attached hydrogens (tertiary/aromatic N) is 1. The van der Waals surface area contributed by atoms with E-state index in [1.54, 1.807) is 37.3 Å². The van der Waals surface area contributed by atoms with Crippen LogP contribution in [0.3, 0.4) is 0 Å². The summed E-state index contributed by atoms with van der Waals surface area (Å²) in [6.07, 6.45) is 1.20. The fourth-order valence-corrected chi connectivity index (χ4v) is 3.69. The van der Waals surface area contributed by atoms with Gasteiger partial charge < -0.3 is 19.7 Å². The van der Waals surface area contributed by atoms with Gasteiger partial charge in [-0.15, -0.1) is 0 Å². The predicted octanol–water partition coefficient (Wildman–Crippen LogP) is 4.71. The monoisotopic (exact) mass is 466 g/mol. The lowest BCUT2D eigenvalue weighted by atomic mass is 10.1. The Hall–Kier alpha value is -2.44. The van der Waals surface area contributed by atoms with Crippen LogP contribution < -0.4 is 14.8 Å². The molecule has 2 aromatic carbocycles. The topological polar surface area (TPSA) is 67.9 Å². The van der Waals surface area contributed by atoms with Crippen LogP contribution in [0.2, 0.25) is 10.0 Å². The SMILES string of the molecule is CCC(C(=O)NC)N(Cc1c(Cl)cccc1Cl)C(=O)CCCOc1ccc(OC)cc1. The van der Waals surface area contributed by atoms with E-state index in [1.165, 1.54) is 0 Å². The van der Waals surface area contributed by atoms with Crippen molar-refractivity contribution >= 4 is 35.0 Å². The van der Waals surface area contributed by atoms with E-state index in [9.17, 15) is 9.59 Å². The first-order valence-electron chi connectivity index (χ1n) is 10.1. The Morgan fingerprint density at radius 3 is 2.23 bits per heavy atom. The molecular weight excluding hydrogens is 439 g/mol. The zero-order valence-corrected chi connectivity index (χ0v) is 19.5. The quantitative estimate of drug-likeness (QED) is 0.486. The predicted molar refractivity (Wildman–Crippen MR) is 123 cm³/mol. The fourth-order valence-electron chi connectivity index (χ4n) is 3.17. The molecular formula is C23H28Cl2N2O4. The van der Waals surface area contributed by atoms with E-state index in [-0.39, 0.29) is 24.8 Å². The highest BCUT2D eigenvalue weighted by atomic mass is 35.5. The molecule has 0 saturated heterocycles. The van der Waals surface area contributed by atoms with Crippen LogP contribution in [0, 0.1) is 0 Å².